The number of Topliss-reactive ketones (excluding diaryl/α,β-unsaturated/α-hetero) is 1. The summed E-state index contributed by atoms with van der Waals surface area (Å²) in [6.07, 6.45) is -0.0602. The molecule has 1 unspecified atom stereocenters. The van der Waals surface area contributed by atoms with Crippen LogP contribution < -0.4 is 14.2 Å². The molecule has 1 atom stereocenters. The second kappa shape index (κ2) is 11.2. The van der Waals surface area contributed by atoms with E-state index in [9.17, 15) is 14.7 Å². The maximum Gasteiger partial charge on any atom is 0.295 e. The number of hydrogen-bond acceptors (Lipinski definition) is 7. The van der Waals surface area contributed by atoms with Crippen molar-refractivity contribution in [2.75, 3.05) is 34.5 Å². The molecule has 3 rings (SSSR count). The highest BCUT2D eigenvalue weighted by molar-refractivity contribution is 6.47. The third-order valence-corrected chi connectivity index (χ3v) is 6.15. The molecule has 1 saturated heterocycles. The SMILES string of the molecule is COc1cccc(C2/C(=C(\O)c3cc(Cl)c(OC)c(Cl)c3OC)C(=O)C(=O)N2CCOC(C)C)c1. The Hall–Kier alpha value is -2.94. The monoisotopic (exact) mass is 523 g/mol. The minimum atomic E-state index is -0.912. The summed E-state index contributed by atoms with van der Waals surface area (Å²) in [6.45, 7) is 4.07. The number of carbonyl (C=O) groups excluding carboxylic acids is 2. The highest BCUT2D eigenvalue weighted by Gasteiger charge is 2.46. The van der Waals surface area contributed by atoms with Crippen molar-refractivity contribution in [3.8, 4) is 17.2 Å². The first-order valence-corrected chi connectivity index (χ1v) is 11.6. The molecule has 0 spiro atoms. The Balaban J connectivity index is 2.24. The number of methoxy groups -OCH3 is 3. The number of halogens is 2. The van der Waals surface area contributed by atoms with Crippen molar-refractivity contribution in [3.63, 3.8) is 0 Å². The molecule has 10 heteroatoms. The zero-order valence-corrected chi connectivity index (χ0v) is 21.6. The summed E-state index contributed by atoms with van der Waals surface area (Å²) in [5.41, 5.74) is 0.482. The fraction of sp³-hybridized carbons (Fsp3) is 0.360. The minimum Gasteiger partial charge on any atom is -0.507 e. The number of benzene rings is 2. The van der Waals surface area contributed by atoms with Crippen molar-refractivity contribution >= 4 is 40.7 Å². The number of rotatable bonds is 9. The predicted octanol–water partition coefficient (Wildman–Crippen LogP) is 4.87. The molecule has 8 nitrogen and oxygen atoms in total. The number of ether oxygens (including phenoxy) is 4. The van der Waals surface area contributed by atoms with Crippen LogP contribution in [0.2, 0.25) is 10.0 Å². The fourth-order valence-electron chi connectivity index (χ4n) is 3.95. The number of aliphatic hydroxyl groups is 1. The molecule has 0 saturated carbocycles. The van der Waals surface area contributed by atoms with Gasteiger partial charge in [0, 0.05) is 6.54 Å². The average molecular weight is 524 g/mol. The zero-order chi connectivity index (χ0) is 25.9. The summed E-state index contributed by atoms with van der Waals surface area (Å²) in [5.74, 6) is -1.38. The van der Waals surface area contributed by atoms with E-state index in [0.717, 1.165) is 0 Å². The molecule has 0 bridgehead atoms. The second-order valence-electron chi connectivity index (χ2n) is 7.98. The molecule has 1 N–H and O–H groups in total. The van der Waals surface area contributed by atoms with Gasteiger partial charge in [-0.25, -0.2) is 0 Å². The molecule has 0 aliphatic carbocycles. The second-order valence-corrected chi connectivity index (χ2v) is 8.76. The van der Waals surface area contributed by atoms with E-state index in [1.165, 1.54) is 32.3 Å². The Kier molecular flexibility index (Phi) is 8.53. The van der Waals surface area contributed by atoms with Crippen molar-refractivity contribution in [1.29, 1.82) is 0 Å². The van der Waals surface area contributed by atoms with Crippen molar-refractivity contribution in [2.45, 2.75) is 26.0 Å². The summed E-state index contributed by atoms with van der Waals surface area (Å²) < 4.78 is 21.6. The van der Waals surface area contributed by atoms with Gasteiger partial charge in [0.25, 0.3) is 11.7 Å². The first-order chi connectivity index (χ1) is 16.7. The molecule has 188 valence electrons. The molecule has 0 aromatic heterocycles. The number of hydrogen-bond donors (Lipinski definition) is 1. The van der Waals surface area contributed by atoms with Gasteiger partial charge in [-0.1, -0.05) is 35.3 Å². The molecular weight excluding hydrogens is 497 g/mol. The van der Waals surface area contributed by atoms with E-state index in [1.807, 2.05) is 13.8 Å². The van der Waals surface area contributed by atoms with Crippen molar-refractivity contribution in [1.82, 2.24) is 4.90 Å². The summed E-state index contributed by atoms with van der Waals surface area (Å²) >= 11 is 12.7. The van der Waals surface area contributed by atoms with Crippen LogP contribution in [0.4, 0.5) is 0 Å². The Labute approximate surface area is 213 Å². The van der Waals surface area contributed by atoms with Gasteiger partial charge in [0.1, 0.15) is 16.5 Å². The van der Waals surface area contributed by atoms with Gasteiger partial charge in [-0.3, -0.25) is 9.59 Å². The van der Waals surface area contributed by atoms with Crippen LogP contribution >= 0.6 is 23.2 Å². The number of ketones is 1. The number of carbonyl (C=O) groups is 2. The highest BCUT2D eigenvalue weighted by atomic mass is 35.5. The lowest BCUT2D eigenvalue weighted by Crippen LogP contribution is -2.33. The summed E-state index contributed by atoms with van der Waals surface area (Å²) in [6, 6.07) is 7.38. The largest absolute Gasteiger partial charge is 0.507 e. The van der Waals surface area contributed by atoms with Crippen LogP contribution in [0.3, 0.4) is 0 Å². The standard InChI is InChI=1S/C25H27Cl2NO7/c1-13(2)35-10-9-28-20(14-7-6-8-15(11-14)32-3)18(22(30)25(28)31)21(29)16-12-17(26)24(34-5)19(27)23(16)33-4/h6-8,11-13,20,29H,9-10H2,1-5H3/b21-18+. The van der Waals surface area contributed by atoms with E-state index in [4.69, 9.17) is 42.1 Å². The van der Waals surface area contributed by atoms with Crippen LogP contribution in [-0.4, -0.2) is 62.3 Å². The smallest absolute Gasteiger partial charge is 0.295 e. The van der Waals surface area contributed by atoms with Gasteiger partial charge in [-0.15, -0.1) is 0 Å². The summed E-state index contributed by atoms with van der Waals surface area (Å²) in [4.78, 5) is 27.7. The van der Waals surface area contributed by atoms with Crippen LogP contribution in [-0.2, 0) is 14.3 Å². The molecule has 0 radical (unpaired) electrons. The number of aliphatic hydroxyl groups excluding tert-OH is 1. The van der Waals surface area contributed by atoms with Gasteiger partial charge in [-0.05, 0) is 37.6 Å². The van der Waals surface area contributed by atoms with E-state index in [0.29, 0.717) is 11.3 Å². The Morgan fingerprint density at radius 2 is 1.74 bits per heavy atom. The zero-order valence-electron chi connectivity index (χ0n) is 20.1. The molecule has 35 heavy (non-hydrogen) atoms. The number of likely N-dealkylation sites (tertiary alicyclic amines) is 1. The van der Waals surface area contributed by atoms with Gasteiger partial charge in [0.15, 0.2) is 11.5 Å². The molecule has 2 aromatic carbocycles. The molecule has 1 aliphatic rings. The Morgan fingerprint density at radius 3 is 2.34 bits per heavy atom. The summed E-state index contributed by atoms with van der Waals surface area (Å²) in [7, 11) is 4.26. The van der Waals surface area contributed by atoms with Crippen LogP contribution in [0.25, 0.3) is 5.76 Å². The topological polar surface area (TPSA) is 94.5 Å². The highest BCUT2D eigenvalue weighted by Crippen LogP contribution is 2.47. The van der Waals surface area contributed by atoms with Crippen LogP contribution in [0.5, 0.6) is 17.2 Å². The molecule has 2 aromatic rings. The van der Waals surface area contributed by atoms with Crippen LogP contribution in [0.15, 0.2) is 35.9 Å². The molecule has 1 heterocycles. The third kappa shape index (κ3) is 5.19. The van der Waals surface area contributed by atoms with Crippen molar-refractivity contribution in [3.05, 3.63) is 57.1 Å². The minimum absolute atomic E-state index is 0.0153. The lowest BCUT2D eigenvalue weighted by molar-refractivity contribution is -0.140. The lowest BCUT2D eigenvalue weighted by atomic mass is 9.94. The number of nitrogens with zero attached hydrogens (tertiary/aromatic N) is 1. The van der Waals surface area contributed by atoms with Crippen molar-refractivity contribution in [2.24, 2.45) is 0 Å². The molecule has 1 amide bonds. The van der Waals surface area contributed by atoms with E-state index in [-0.39, 0.29) is 51.9 Å². The maximum absolute atomic E-state index is 13.2. The first kappa shape index (κ1) is 26.7. The van der Waals surface area contributed by atoms with Gasteiger partial charge in [0.05, 0.1) is 56.2 Å². The summed E-state index contributed by atoms with van der Waals surface area (Å²) in [5, 5.41) is 11.5. The Bertz CT molecular complexity index is 1160. The Morgan fingerprint density at radius 1 is 1.06 bits per heavy atom. The van der Waals surface area contributed by atoms with Gasteiger partial charge < -0.3 is 29.0 Å². The predicted molar refractivity (Wildman–Crippen MR) is 133 cm³/mol. The third-order valence-electron chi connectivity index (χ3n) is 5.53. The molecule has 1 aliphatic heterocycles. The van der Waals surface area contributed by atoms with E-state index >= 15 is 0 Å². The quantitative estimate of drug-likeness (QED) is 0.284. The fourth-order valence-corrected chi connectivity index (χ4v) is 4.63. The first-order valence-electron chi connectivity index (χ1n) is 10.8. The molecule has 1 fully saturated rings. The van der Waals surface area contributed by atoms with Crippen LogP contribution in [0.1, 0.15) is 31.0 Å². The van der Waals surface area contributed by atoms with Crippen molar-refractivity contribution < 1.29 is 33.6 Å². The van der Waals surface area contributed by atoms with Gasteiger partial charge >= 0.3 is 0 Å². The number of amides is 1. The lowest BCUT2D eigenvalue weighted by Gasteiger charge is -2.26. The van der Waals surface area contributed by atoms with Gasteiger partial charge in [0.2, 0.25) is 0 Å². The van der Waals surface area contributed by atoms with E-state index in [2.05, 4.69) is 0 Å². The van der Waals surface area contributed by atoms with Gasteiger partial charge in [-0.2, -0.15) is 0 Å². The van der Waals surface area contributed by atoms with Crippen LogP contribution in [0, 0.1) is 0 Å². The van der Waals surface area contributed by atoms with E-state index in [1.54, 1.807) is 24.3 Å². The average Bonchev–Trinajstić information content (AvgIpc) is 3.08. The maximum atomic E-state index is 13.2. The molecular formula is C25H27Cl2NO7. The van der Waals surface area contributed by atoms with E-state index < -0.39 is 23.5 Å². The normalized spacial score (nSPS) is 17.3.